The first-order valence-electron chi connectivity index (χ1n) is 10.1. The predicted octanol–water partition coefficient (Wildman–Crippen LogP) is 4.30. The number of carbonyl (C=O) groups is 1. The number of sulfonamides is 1. The topological polar surface area (TPSA) is 120 Å². The van der Waals surface area contributed by atoms with E-state index in [1.807, 2.05) is 0 Å². The first-order chi connectivity index (χ1) is 16.1. The van der Waals surface area contributed by atoms with Crippen LogP contribution in [0.3, 0.4) is 0 Å². The molecule has 4 rings (SSSR count). The zero-order chi connectivity index (χ0) is 24.5. The van der Waals surface area contributed by atoms with Gasteiger partial charge in [-0.15, -0.1) is 0 Å². The molecule has 176 valence electrons. The van der Waals surface area contributed by atoms with Gasteiger partial charge in [0.1, 0.15) is 5.58 Å². The fourth-order valence-electron chi connectivity index (χ4n) is 3.52. The van der Waals surface area contributed by atoms with E-state index in [4.69, 9.17) is 9.15 Å². The van der Waals surface area contributed by atoms with E-state index in [1.54, 1.807) is 49.4 Å². The maximum Gasteiger partial charge on any atom is 0.338 e. The molecule has 1 N–H and O–H groups in total. The van der Waals surface area contributed by atoms with E-state index < -0.39 is 31.6 Å². The van der Waals surface area contributed by atoms with Gasteiger partial charge in [-0.1, -0.05) is 42.5 Å². The molecule has 0 fully saturated rings. The summed E-state index contributed by atoms with van der Waals surface area (Å²) in [5, 5.41) is 0.258. The Bertz CT molecular complexity index is 1570. The van der Waals surface area contributed by atoms with Crippen LogP contribution in [0.15, 0.2) is 87.2 Å². The van der Waals surface area contributed by atoms with Crippen molar-refractivity contribution in [1.29, 1.82) is 0 Å². The van der Waals surface area contributed by atoms with Gasteiger partial charge in [0.05, 0.1) is 29.0 Å². The van der Waals surface area contributed by atoms with Crippen molar-refractivity contribution in [3.8, 4) is 0 Å². The summed E-state index contributed by atoms with van der Waals surface area (Å²) in [7, 11) is -7.09. The third-order valence-electron chi connectivity index (χ3n) is 5.15. The van der Waals surface area contributed by atoms with Crippen LogP contribution >= 0.6 is 0 Å². The molecule has 10 heteroatoms. The molecule has 0 bridgehead atoms. The smallest absolute Gasteiger partial charge is 0.338 e. The summed E-state index contributed by atoms with van der Waals surface area (Å²) in [6.07, 6.45) is 0. The van der Waals surface area contributed by atoms with Crippen LogP contribution in [0, 0.1) is 6.92 Å². The Morgan fingerprint density at radius 3 is 2.38 bits per heavy atom. The fourth-order valence-corrected chi connectivity index (χ4v) is 6.16. The van der Waals surface area contributed by atoms with Gasteiger partial charge in [-0.05, 0) is 42.3 Å². The van der Waals surface area contributed by atoms with Gasteiger partial charge in [-0.3, -0.25) is 4.72 Å². The van der Waals surface area contributed by atoms with Crippen LogP contribution in [0.5, 0.6) is 0 Å². The number of para-hydroxylation sites is 1. The lowest BCUT2D eigenvalue weighted by Gasteiger charge is -2.14. The molecule has 0 saturated heterocycles. The highest BCUT2D eigenvalue weighted by Gasteiger charge is 2.27. The summed E-state index contributed by atoms with van der Waals surface area (Å²) >= 11 is 0. The Morgan fingerprint density at radius 2 is 1.65 bits per heavy atom. The van der Waals surface area contributed by atoms with Crippen molar-refractivity contribution in [1.82, 2.24) is 0 Å². The number of hydrogen-bond donors (Lipinski definition) is 1. The van der Waals surface area contributed by atoms with Gasteiger partial charge in [0.15, 0.2) is 9.84 Å². The second kappa shape index (κ2) is 8.96. The maximum absolute atomic E-state index is 13.3. The first kappa shape index (κ1) is 23.5. The highest BCUT2D eigenvalue weighted by atomic mass is 32.2. The van der Waals surface area contributed by atoms with E-state index in [0.717, 1.165) is 0 Å². The minimum absolute atomic E-state index is 0.115. The number of sulfone groups is 1. The van der Waals surface area contributed by atoms with Crippen LogP contribution in [0.1, 0.15) is 21.5 Å². The van der Waals surface area contributed by atoms with E-state index >= 15 is 0 Å². The molecule has 0 spiro atoms. The summed E-state index contributed by atoms with van der Waals surface area (Å²) < 4.78 is 65.3. The van der Waals surface area contributed by atoms with E-state index in [2.05, 4.69) is 4.72 Å². The number of benzene rings is 3. The van der Waals surface area contributed by atoms with Crippen molar-refractivity contribution in [2.45, 2.75) is 22.7 Å². The number of rotatable bonds is 7. The van der Waals surface area contributed by atoms with E-state index in [1.165, 1.54) is 37.4 Å². The lowest BCUT2D eigenvalue weighted by atomic mass is 10.1. The van der Waals surface area contributed by atoms with Crippen molar-refractivity contribution in [3.05, 3.63) is 89.5 Å². The van der Waals surface area contributed by atoms with Gasteiger partial charge in [0, 0.05) is 11.5 Å². The third-order valence-corrected chi connectivity index (χ3v) is 8.09. The fraction of sp³-hybridized carbons (Fsp3) is 0.125. The molecule has 0 unspecified atom stereocenters. The van der Waals surface area contributed by atoms with Gasteiger partial charge in [0.25, 0.3) is 10.0 Å². The number of ether oxygens (including phenoxy) is 1. The number of nitrogens with one attached hydrogen (secondary N) is 1. The molecule has 8 nitrogen and oxygen atoms in total. The van der Waals surface area contributed by atoms with Crippen LogP contribution in [0.4, 0.5) is 5.69 Å². The number of fused-ring (bicyclic) bond motifs is 1. The molecule has 4 aromatic rings. The Hall–Kier alpha value is -3.63. The maximum atomic E-state index is 13.3. The van der Waals surface area contributed by atoms with Gasteiger partial charge < -0.3 is 9.15 Å². The third kappa shape index (κ3) is 4.68. The Labute approximate surface area is 197 Å². The number of furan rings is 1. The summed E-state index contributed by atoms with van der Waals surface area (Å²) in [4.78, 5) is 11.8. The van der Waals surface area contributed by atoms with Crippen molar-refractivity contribution in [2.24, 2.45) is 0 Å². The van der Waals surface area contributed by atoms with Crippen molar-refractivity contribution >= 4 is 42.5 Å². The highest BCUT2D eigenvalue weighted by molar-refractivity contribution is 7.93. The molecule has 0 saturated carbocycles. The van der Waals surface area contributed by atoms with Crippen LogP contribution in [-0.4, -0.2) is 29.9 Å². The quantitative estimate of drug-likeness (QED) is 0.376. The molecule has 0 radical (unpaired) electrons. The predicted molar refractivity (Wildman–Crippen MR) is 127 cm³/mol. The number of esters is 1. The molecule has 34 heavy (non-hydrogen) atoms. The lowest BCUT2D eigenvalue weighted by Crippen LogP contribution is -2.17. The number of anilines is 1. The Kier molecular flexibility index (Phi) is 6.20. The minimum Gasteiger partial charge on any atom is -0.465 e. The summed E-state index contributed by atoms with van der Waals surface area (Å²) in [5.41, 5.74) is 1.28. The monoisotopic (exact) mass is 499 g/mol. The minimum atomic E-state index is -4.23. The summed E-state index contributed by atoms with van der Waals surface area (Å²) in [5.74, 6) is -1.19. The number of methoxy groups -OCH3 is 1. The molecule has 3 aromatic carbocycles. The molecular weight excluding hydrogens is 478 g/mol. The van der Waals surface area contributed by atoms with Crippen molar-refractivity contribution in [2.75, 3.05) is 11.8 Å². The van der Waals surface area contributed by atoms with Crippen LogP contribution < -0.4 is 4.72 Å². The van der Waals surface area contributed by atoms with Crippen molar-refractivity contribution in [3.63, 3.8) is 0 Å². The van der Waals surface area contributed by atoms with Crippen LogP contribution in [-0.2, 0) is 30.4 Å². The number of aryl methyl sites for hydroxylation is 1. The van der Waals surface area contributed by atoms with Gasteiger partial charge in [-0.2, -0.15) is 8.42 Å². The van der Waals surface area contributed by atoms with Crippen molar-refractivity contribution < 1.29 is 30.8 Å². The molecule has 0 amide bonds. The molecule has 0 aliphatic carbocycles. The summed E-state index contributed by atoms with van der Waals surface area (Å²) in [6.45, 7) is 1.71. The van der Waals surface area contributed by atoms with E-state index in [0.29, 0.717) is 16.5 Å². The zero-order valence-corrected chi connectivity index (χ0v) is 19.9. The number of hydrogen-bond acceptors (Lipinski definition) is 7. The molecular formula is C24H21NO7S2. The van der Waals surface area contributed by atoms with Gasteiger partial charge >= 0.3 is 5.97 Å². The second-order valence-corrected chi connectivity index (χ2v) is 11.2. The average Bonchev–Trinajstić information content (AvgIpc) is 3.24. The lowest BCUT2D eigenvalue weighted by molar-refractivity contribution is 0.0600. The van der Waals surface area contributed by atoms with E-state index in [-0.39, 0.29) is 26.8 Å². The normalized spacial score (nSPS) is 11.9. The zero-order valence-electron chi connectivity index (χ0n) is 18.3. The first-order valence-corrected chi connectivity index (χ1v) is 13.3. The van der Waals surface area contributed by atoms with Crippen LogP contribution in [0.25, 0.3) is 11.0 Å². The molecule has 0 aliphatic rings. The molecule has 1 aromatic heterocycles. The molecule has 0 atom stereocenters. The van der Waals surface area contributed by atoms with Gasteiger partial charge in [0.2, 0.25) is 5.09 Å². The highest BCUT2D eigenvalue weighted by Crippen LogP contribution is 2.30. The van der Waals surface area contributed by atoms with Gasteiger partial charge in [-0.25, -0.2) is 13.2 Å². The molecule has 0 aliphatic heterocycles. The largest absolute Gasteiger partial charge is 0.465 e. The Morgan fingerprint density at radius 1 is 0.941 bits per heavy atom. The van der Waals surface area contributed by atoms with E-state index in [9.17, 15) is 21.6 Å². The standard InChI is InChI=1S/C24H21NO7S2/c1-16-11-12-22(33(27,28)15-18-8-3-5-9-19(18)24(26)31-2)20(13-16)25-34(29,30)23-14-17-7-4-6-10-21(17)32-23/h3-14,25H,15H2,1-2H3. The summed E-state index contributed by atoms with van der Waals surface area (Å²) in [6, 6.07) is 18.7. The Balaban J connectivity index is 1.73. The number of carbonyl (C=O) groups excluding carboxylic acids is 1. The van der Waals surface area contributed by atoms with Crippen LogP contribution in [0.2, 0.25) is 0 Å². The second-order valence-electron chi connectivity index (χ2n) is 7.62. The SMILES string of the molecule is COC(=O)c1ccccc1CS(=O)(=O)c1ccc(C)cc1NS(=O)(=O)c1cc2ccccc2o1. The average molecular weight is 500 g/mol. The molecule has 1 heterocycles.